The number of thiazole rings is 1. The number of nitriles is 1. The molecule has 0 saturated heterocycles. The largest absolute Gasteiger partial charge is 0.324 e. The zero-order valence-electron chi connectivity index (χ0n) is 10.5. The Labute approximate surface area is 124 Å². The zero-order valence-corrected chi connectivity index (χ0v) is 12.1. The van der Waals surface area contributed by atoms with Gasteiger partial charge < -0.3 is 5.32 Å². The monoisotopic (exact) mass is 307 g/mol. The molecule has 102 valence electrons. The first-order chi connectivity index (χ1) is 9.51. The van der Waals surface area contributed by atoms with Gasteiger partial charge in [0.05, 0.1) is 10.6 Å². The molecule has 1 heterocycles. The van der Waals surface area contributed by atoms with Gasteiger partial charge in [0.15, 0.2) is 0 Å². The summed E-state index contributed by atoms with van der Waals surface area (Å²) in [7, 11) is 0. The van der Waals surface area contributed by atoms with Crippen molar-refractivity contribution in [1.29, 1.82) is 5.26 Å². The number of amides is 1. The highest BCUT2D eigenvalue weighted by atomic mass is 35.5. The van der Waals surface area contributed by atoms with Gasteiger partial charge in [-0.05, 0) is 25.1 Å². The van der Waals surface area contributed by atoms with Crippen molar-refractivity contribution in [3.63, 3.8) is 0 Å². The summed E-state index contributed by atoms with van der Waals surface area (Å²) in [5, 5.41) is 13.4. The summed E-state index contributed by atoms with van der Waals surface area (Å²) in [6, 6.07) is 6.56. The fourth-order valence-electron chi connectivity index (χ4n) is 1.62. The van der Waals surface area contributed by atoms with Gasteiger partial charge in [0.25, 0.3) is 0 Å². The number of carbonyl (C=O) groups excluding carboxylic acids is 1. The molecule has 1 aromatic heterocycles. The second kappa shape index (κ2) is 5.90. The van der Waals surface area contributed by atoms with E-state index in [1.54, 1.807) is 18.4 Å². The molecule has 0 saturated carbocycles. The maximum Gasteiger partial charge on any atom is 0.307 e. The Morgan fingerprint density at radius 2 is 2.30 bits per heavy atom. The SMILES string of the molecule is Cc1csc(=O)n1CC(=O)Nc1ccc(C#N)c(Cl)c1. The molecule has 1 amide bonds. The Hall–Kier alpha value is -2.10. The lowest BCUT2D eigenvalue weighted by Crippen LogP contribution is -2.25. The summed E-state index contributed by atoms with van der Waals surface area (Å²) in [5.74, 6) is -0.325. The third-order valence-electron chi connectivity index (χ3n) is 2.65. The number of anilines is 1. The molecule has 1 N–H and O–H groups in total. The van der Waals surface area contributed by atoms with Crippen LogP contribution >= 0.6 is 22.9 Å². The lowest BCUT2D eigenvalue weighted by atomic mass is 10.2. The molecule has 1 aromatic carbocycles. The van der Waals surface area contributed by atoms with Crippen molar-refractivity contribution >= 4 is 34.5 Å². The second-order valence-corrected chi connectivity index (χ2v) is 5.31. The fraction of sp³-hybridized carbons (Fsp3) is 0.154. The van der Waals surface area contributed by atoms with Gasteiger partial charge in [0.2, 0.25) is 5.91 Å². The van der Waals surface area contributed by atoms with Crippen LogP contribution in [0.15, 0.2) is 28.4 Å². The van der Waals surface area contributed by atoms with Crippen molar-refractivity contribution in [3.05, 3.63) is 49.5 Å². The summed E-state index contributed by atoms with van der Waals surface area (Å²) < 4.78 is 1.39. The molecule has 0 fully saturated rings. The number of halogens is 1. The predicted molar refractivity (Wildman–Crippen MR) is 78.1 cm³/mol. The average molecular weight is 308 g/mol. The summed E-state index contributed by atoms with van der Waals surface area (Å²) in [5.41, 5.74) is 1.57. The molecular weight excluding hydrogens is 298 g/mol. The highest BCUT2D eigenvalue weighted by Gasteiger charge is 2.09. The number of nitrogens with zero attached hydrogens (tertiary/aromatic N) is 2. The van der Waals surface area contributed by atoms with Gasteiger partial charge in [-0.1, -0.05) is 22.9 Å². The minimum atomic E-state index is -0.325. The van der Waals surface area contributed by atoms with Gasteiger partial charge >= 0.3 is 4.87 Å². The van der Waals surface area contributed by atoms with Crippen LogP contribution in [-0.2, 0) is 11.3 Å². The molecule has 5 nitrogen and oxygen atoms in total. The first kappa shape index (κ1) is 14.3. The highest BCUT2D eigenvalue weighted by molar-refractivity contribution is 7.07. The molecule has 2 rings (SSSR count). The molecule has 20 heavy (non-hydrogen) atoms. The molecule has 0 aliphatic heterocycles. The number of nitrogens with one attached hydrogen (secondary N) is 1. The standard InChI is InChI=1S/C13H10ClN3O2S/c1-8-7-20-13(19)17(8)6-12(18)16-10-3-2-9(5-15)11(14)4-10/h2-4,7H,6H2,1H3,(H,16,18). The van der Waals surface area contributed by atoms with Crippen molar-refractivity contribution < 1.29 is 4.79 Å². The molecule has 2 aromatic rings. The van der Waals surface area contributed by atoms with E-state index in [-0.39, 0.29) is 22.3 Å². The Kier molecular flexibility index (Phi) is 4.23. The number of carbonyl (C=O) groups is 1. The van der Waals surface area contributed by atoms with E-state index in [0.29, 0.717) is 11.3 Å². The van der Waals surface area contributed by atoms with Crippen LogP contribution in [0.3, 0.4) is 0 Å². The van der Waals surface area contributed by atoms with E-state index in [1.807, 2.05) is 6.07 Å². The van der Waals surface area contributed by atoms with Crippen LogP contribution in [0.4, 0.5) is 5.69 Å². The van der Waals surface area contributed by atoms with Crippen molar-refractivity contribution in [2.45, 2.75) is 13.5 Å². The lowest BCUT2D eigenvalue weighted by molar-refractivity contribution is -0.116. The maximum atomic E-state index is 11.9. The zero-order chi connectivity index (χ0) is 14.7. The van der Waals surface area contributed by atoms with Crippen LogP contribution < -0.4 is 10.2 Å². The van der Waals surface area contributed by atoms with E-state index < -0.39 is 0 Å². The molecule has 0 bridgehead atoms. The Balaban J connectivity index is 2.11. The fourth-order valence-corrected chi connectivity index (χ4v) is 2.58. The van der Waals surface area contributed by atoms with E-state index in [2.05, 4.69) is 5.32 Å². The minimum absolute atomic E-state index is 0.0498. The molecular formula is C13H10ClN3O2S. The lowest BCUT2D eigenvalue weighted by Gasteiger charge is -2.07. The van der Waals surface area contributed by atoms with Gasteiger partial charge in [-0.25, -0.2) is 0 Å². The van der Waals surface area contributed by atoms with Crippen LogP contribution in [0, 0.1) is 18.3 Å². The van der Waals surface area contributed by atoms with Crippen LogP contribution in [0.5, 0.6) is 0 Å². The molecule has 7 heteroatoms. The average Bonchev–Trinajstić information content (AvgIpc) is 2.71. The quantitative estimate of drug-likeness (QED) is 0.946. The molecule has 0 aliphatic rings. The van der Waals surface area contributed by atoms with E-state index in [1.165, 1.54) is 16.7 Å². The van der Waals surface area contributed by atoms with E-state index >= 15 is 0 Å². The normalized spacial score (nSPS) is 10.1. The number of aryl methyl sites for hydroxylation is 1. The summed E-state index contributed by atoms with van der Waals surface area (Å²) in [6.07, 6.45) is 0. The first-order valence-electron chi connectivity index (χ1n) is 5.65. The Morgan fingerprint density at radius 3 is 2.85 bits per heavy atom. The summed E-state index contributed by atoms with van der Waals surface area (Å²) in [6.45, 7) is 1.72. The van der Waals surface area contributed by atoms with Crippen LogP contribution in [0.25, 0.3) is 0 Å². The van der Waals surface area contributed by atoms with Crippen LogP contribution in [-0.4, -0.2) is 10.5 Å². The van der Waals surface area contributed by atoms with E-state index in [0.717, 1.165) is 17.0 Å². The van der Waals surface area contributed by atoms with Gasteiger partial charge in [-0.3, -0.25) is 14.2 Å². The van der Waals surface area contributed by atoms with Crippen LogP contribution in [0.2, 0.25) is 5.02 Å². The van der Waals surface area contributed by atoms with Gasteiger partial charge in [0, 0.05) is 16.8 Å². The number of hydrogen-bond donors (Lipinski definition) is 1. The molecule has 0 unspecified atom stereocenters. The predicted octanol–water partition coefficient (Wildman–Crippen LogP) is 2.38. The molecule has 0 radical (unpaired) electrons. The van der Waals surface area contributed by atoms with Crippen molar-refractivity contribution in [1.82, 2.24) is 4.57 Å². The number of aromatic nitrogens is 1. The maximum absolute atomic E-state index is 11.9. The number of benzene rings is 1. The Bertz CT molecular complexity index is 758. The topological polar surface area (TPSA) is 74.9 Å². The molecule has 0 atom stereocenters. The highest BCUT2D eigenvalue weighted by Crippen LogP contribution is 2.20. The molecule has 0 spiro atoms. The smallest absolute Gasteiger partial charge is 0.307 e. The third kappa shape index (κ3) is 3.07. The molecule has 0 aliphatic carbocycles. The summed E-state index contributed by atoms with van der Waals surface area (Å²) >= 11 is 6.94. The van der Waals surface area contributed by atoms with Gasteiger partial charge in [0.1, 0.15) is 12.6 Å². The number of rotatable bonds is 3. The van der Waals surface area contributed by atoms with Crippen molar-refractivity contribution in [2.24, 2.45) is 0 Å². The second-order valence-electron chi connectivity index (χ2n) is 4.08. The first-order valence-corrected chi connectivity index (χ1v) is 6.91. The summed E-state index contributed by atoms with van der Waals surface area (Å²) in [4.78, 5) is 23.2. The van der Waals surface area contributed by atoms with E-state index in [9.17, 15) is 9.59 Å². The van der Waals surface area contributed by atoms with Crippen LogP contribution in [0.1, 0.15) is 11.3 Å². The minimum Gasteiger partial charge on any atom is -0.324 e. The van der Waals surface area contributed by atoms with Crippen molar-refractivity contribution in [3.8, 4) is 6.07 Å². The van der Waals surface area contributed by atoms with E-state index in [4.69, 9.17) is 16.9 Å². The Morgan fingerprint density at radius 1 is 1.55 bits per heavy atom. The number of hydrogen-bond acceptors (Lipinski definition) is 4. The van der Waals surface area contributed by atoms with Gasteiger partial charge in [-0.15, -0.1) is 0 Å². The third-order valence-corrected chi connectivity index (χ3v) is 3.85. The van der Waals surface area contributed by atoms with Crippen molar-refractivity contribution in [2.75, 3.05) is 5.32 Å². The van der Waals surface area contributed by atoms with Gasteiger partial charge in [-0.2, -0.15) is 5.26 Å².